The molecule has 2 aliphatic carbocycles. The van der Waals surface area contributed by atoms with E-state index in [-0.39, 0.29) is 59.5 Å². The van der Waals surface area contributed by atoms with E-state index in [9.17, 15) is 9.59 Å². The number of guanidine groups is 1. The summed E-state index contributed by atoms with van der Waals surface area (Å²) in [6.45, 7) is 1.68. The SMILES string of the molecule is CN=C(NCCCN1C(=O)C2C3C=CC(C3)C2C1=O)NCCc1nc(-c2ccco2)n[nH]1.I. The Balaban J connectivity index is 0.00000259. The Hall–Kier alpha value is -2.70. The molecule has 0 aromatic carbocycles. The van der Waals surface area contributed by atoms with Gasteiger partial charge in [-0.2, -0.15) is 5.10 Å². The molecule has 11 heteroatoms. The van der Waals surface area contributed by atoms with Gasteiger partial charge in [0.1, 0.15) is 5.82 Å². The Morgan fingerprint density at radius 3 is 2.61 bits per heavy atom. The summed E-state index contributed by atoms with van der Waals surface area (Å²) in [6.07, 6.45) is 8.11. The maximum Gasteiger partial charge on any atom is 0.233 e. The van der Waals surface area contributed by atoms with Crippen LogP contribution in [0.15, 0.2) is 40.0 Å². The topological polar surface area (TPSA) is 129 Å². The van der Waals surface area contributed by atoms with E-state index in [2.05, 4.69) is 43.0 Å². The Morgan fingerprint density at radius 1 is 1.21 bits per heavy atom. The third kappa shape index (κ3) is 4.55. The fourth-order valence-electron chi connectivity index (χ4n) is 5.07. The lowest BCUT2D eigenvalue weighted by Gasteiger charge is -2.18. The van der Waals surface area contributed by atoms with Crippen LogP contribution < -0.4 is 10.6 Å². The van der Waals surface area contributed by atoms with Gasteiger partial charge in [-0.15, -0.1) is 24.0 Å². The highest BCUT2D eigenvalue weighted by Crippen LogP contribution is 2.52. The van der Waals surface area contributed by atoms with E-state index in [1.165, 1.54) is 4.90 Å². The third-order valence-corrected chi connectivity index (χ3v) is 6.56. The Morgan fingerprint density at radius 2 is 1.94 bits per heavy atom. The Kier molecular flexibility index (Phi) is 7.15. The maximum atomic E-state index is 12.7. The van der Waals surface area contributed by atoms with Crippen LogP contribution in [0.25, 0.3) is 11.6 Å². The van der Waals surface area contributed by atoms with E-state index in [1.54, 1.807) is 19.4 Å². The van der Waals surface area contributed by atoms with Crippen LogP contribution in [-0.4, -0.2) is 64.5 Å². The number of imide groups is 1. The van der Waals surface area contributed by atoms with Crippen LogP contribution in [-0.2, 0) is 16.0 Å². The van der Waals surface area contributed by atoms with Crippen molar-refractivity contribution in [3.63, 3.8) is 0 Å². The average molecular weight is 565 g/mol. The molecule has 4 unspecified atom stereocenters. The molecule has 0 radical (unpaired) electrons. The lowest BCUT2D eigenvalue weighted by Crippen LogP contribution is -2.40. The van der Waals surface area contributed by atoms with Crippen LogP contribution in [0.3, 0.4) is 0 Å². The first-order chi connectivity index (χ1) is 15.7. The second kappa shape index (κ2) is 10.1. The summed E-state index contributed by atoms with van der Waals surface area (Å²) in [4.78, 5) is 35.5. The molecule has 176 valence electrons. The van der Waals surface area contributed by atoms with Gasteiger partial charge in [-0.25, -0.2) is 4.98 Å². The van der Waals surface area contributed by atoms with Crippen molar-refractivity contribution < 1.29 is 14.0 Å². The van der Waals surface area contributed by atoms with Crippen molar-refractivity contribution in [2.45, 2.75) is 19.3 Å². The van der Waals surface area contributed by atoms with Crippen molar-refractivity contribution in [3.05, 3.63) is 36.4 Å². The molecule has 3 N–H and O–H groups in total. The predicted molar refractivity (Wildman–Crippen MR) is 132 cm³/mol. The average Bonchev–Trinajstić information content (AvgIpc) is 3.61. The maximum absolute atomic E-state index is 12.7. The largest absolute Gasteiger partial charge is 0.461 e. The number of nitrogens with zero attached hydrogens (tertiary/aromatic N) is 4. The molecular weight excluding hydrogens is 537 g/mol. The highest BCUT2D eigenvalue weighted by atomic mass is 127. The van der Waals surface area contributed by atoms with Crippen molar-refractivity contribution in [3.8, 4) is 11.6 Å². The molecule has 3 heterocycles. The summed E-state index contributed by atoms with van der Waals surface area (Å²) in [5.41, 5.74) is 0. The lowest BCUT2D eigenvalue weighted by atomic mass is 9.85. The van der Waals surface area contributed by atoms with E-state index >= 15 is 0 Å². The van der Waals surface area contributed by atoms with Crippen LogP contribution in [0.4, 0.5) is 0 Å². The molecule has 33 heavy (non-hydrogen) atoms. The molecular formula is C22H28IN7O3. The molecule has 4 atom stereocenters. The van der Waals surface area contributed by atoms with Gasteiger partial charge in [0.25, 0.3) is 0 Å². The molecule has 5 rings (SSSR count). The normalized spacial score (nSPS) is 25.5. The Labute approximate surface area is 208 Å². The second-order valence-electron chi connectivity index (χ2n) is 8.44. The number of aromatic nitrogens is 3. The first-order valence-corrected chi connectivity index (χ1v) is 11.1. The molecule has 1 saturated carbocycles. The molecule has 2 aromatic rings. The molecule has 2 bridgehead atoms. The molecule has 2 amide bonds. The summed E-state index contributed by atoms with van der Waals surface area (Å²) < 4.78 is 5.29. The van der Waals surface area contributed by atoms with E-state index in [4.69, 9.17) is 4.42 Å². The van der Waals surface area contributed by atoms with E-state index in [0.29, 0.717) is 50.0 Å². The van der Waals surface area contributed by atoms with Gasteiger partial charge < -0.3 is 15.1 Å². The number of H-pyrrole nitrogens is 1. The predicted octanol–water partition coefficient (Wildman–Crippen LogP) is 1.59. The van der Waals surface area contributed by atoms with Crippen LogP contribution in [0.5, 0.6) is 0 Å². The standard InChI is InChI=1S/C22H27N7O3.HI/c1-23-22(25-9-7-16-26-19(28-27-16)15-4-2-11-32-15)24-8-3-10-29-20(30)17-13-5-6-14(12-13)18(17)21(29)31;/h2,4-6,11,13-14,17-18H,3,7-10,12H2,1H3,(H2,23,24,25)(H,26,27,28);1H. The van der Waals surface area contributed by atoms with Gasteiger partial charge in [0.15, 0.2) is 11.7 Å². The van der Waals surface area contributed by atoms with E-state index in [0.717, 1.165) is 12.2 Å². The quantitative estimate of drug-likeness (QED) is 0.111. The first kappa shape index (κ1) is 23.5. The minimum absolute atomic E-state index is 0. The van der Waals surface area contributed by atoms with Crippen LogP contribution in [0.2, 0.25) is 0 Å². The van der Waals surface area contributed by atoms with E-state index in [1.807, 2.05) is 6.07 Å². The molecule has 10 nitrogen and oxygen atoms in total. The fourth-order valence-corrected chi connectivity index (χ4v) is 5.07. The number of aromatic amines is 1. The van der Waals surface area contributed by atoms with Crippen molar-refractivity contribution in [1.82, 2.24) is 30.7 Å². The molecule has 1 saturated heterocycles. The number of fused-ring (bicyclic) bond motifs is 5. The number of nitrogens with one attached hydrogen (secondary N) is 3. The minimum atomic E-state index is -0.121. The smallest absolute Gasteiger partial charge is 0.233 e. The molecule has 2 aromatic heterocycles. The summed E-state index contributed by atoms with van der Waals surface area (Å²) in [7, 11) is 1.70. The van der Waals surface area contributed by atoms with Gasteiger partial charge in [0.05, 0.1) is 18.1 Å². The van der Waals surface area contributed by atoms with Gasteiger partial charge in [0, 0.05) is 33.1 Å². The lowest BCUT2D eigenvalue weighted by molar-refractivity contribution is -0.140. The fraction of sp³-hybridized carbons (Fsp3) is 0.500. The number of likely N-dealkylation sites (tertiary alicyclic amines) is 1. The van der Waals surface area contributed by atoms with Gasteiger partial charge in [-0.05, 0) is 36.8 Å². The summed E-state index contributed by atoms with van der Waals surface area (Å²) in [5.74, 6) is 2.87. The van der Waals surface area contributed by atoms with Crippen LogP contribution in [0, 0.1) is 23.7 Å². The number of carbonyl (C=O) groups excluding carboxylic acids is 2. The van der Waals surface area contributed by atoms with Gasteiger partial charge >= 0.3 is 0 Å². The number of allylic oxidation sites excluding steroid dienone is 2. The zero-order chi connectivity index (χ0) is 22.1. The second-order valence-corrected chi connectivity index (χ2v) is 8.44. The molecule has 3 aliphatic rings. The summed E-state index contributed by atoms with van der Waals surface area (Å²) in [6, 6.07) is 3.61. The monoisotopic (exact) mass is 565 g/mol. The van der Waals surface area contributed by atoms with E-state index < -0.39 is 0 Å². The number of aliphatic imine (C=N–C) groups is 1. The van der Waals surface area contributed by atoms with Gasteiger partial charge in [-0.3, -0.25) is 24.6 Å². The first-order valence-electron chi connectivity index (χ1n) is 11.1. The Bertz CT molecular complexity index is 1020. The van der Waals surface area contributed by atoms with Gasteiger partial charge in [-0.1, -0.05) is 12.2 Å². The number of furan rings is 1. The number of carbonyl (C=O) groups is 2. The zero-order valence-electron chi connectivity index (χ0n) is 18.4. The summed E-state index contributed by atoms with van der Waals surface area (Å²) in [5, 5.41) is 13.5. The van der Waals surface area contributed by atoms with Crippen LogP contribution >= 0.6 is 24.0 Å². The molecule has 1 aliphatic heterocycles. The van der Waals surface area contributed by atoms with Crippen molar-refractivity contribution >= 4 is 41.8 Å². The van der Waals surface area contributed by atoms with Crippen molar-refractivity contribution in [1.29, 1.82) is 0 Å². The number of amides is 2. The van der Waals surface area contributed by atoms with Crippen molar-refractivity contribution in [2.24, 2.45) is 28.7 Å². The minimum Gasteiger partial charge on any atom is -0.461 e. The number of hydrogen-bond donors (Lipinski definition) is 3. The number of halogens is 1. The number of rotatable bonds is 8. The molecule has 0 spiro atoms. The number of hydrogen-bond acceptors (Lipinski definition) is 6. The highest BCUT2D eigenvalue weighted by Gasteiger charge is 2.58. The molecule has 2 fully saturated rings. The third-order valence-electron chi connectivity index (χ3n) is 6.56. The highest BCUT2D eigenvalue weighted by molar-refractivity contribution is 14.0. The van der Waals surface area contributed by atoms with Gasteiger partial charge in [0.2, 0.25) is 17.6 Å². The van der Waals surface area contributed by atoms with Crippen LogP contribution in [0.1, 0.15) is 18.7 Å². The zero-order valence-corrected chi connectivity index (χ0v) is 20.7. The van der Waals surface area contributed by atoms with Crippen molar-refractivity contribution in [2.75, 3.05) is 26.7 Å². The summed E-state index contributed by atoms with van der Waals surface area (Å²) >= 11 is 0.